The first-order valence-electron chi connectivity index (χ1n) is 3.66. The largest absolute Gasteiger partial charge is 0.510 e. The van der Waals surface area contributed by atoms with E-state index >= 15 is 0 Å². The molecule has 11 heavy (non-hydrogen) atoms. The molecule has 0 saturated heterocycles. The zero-order valence-electron chi connectivity index (χ0n) is 6.83. The molecule has 0 aromatic rings. The van der Waals surface area contributed by atoms with E-state index in [0.29, 0.717) is 6.61 Å². The van der Waals surface area contributed by atoms with Crippen molar-refractivity contribution in [3.05, 3.63) is 0 Å². The minimum Gasteiger partial charge on any atom is -0.434 e. The highest BCUT2D eigenvalue weighted by Crippen LogP contribution is 1.93. The maximum atomic E-state index is 10.5. The minimum atomic E-state index is -1.34. The highest BCUT2D eigenvalue weighted by Gasteiger charge is 2.06. The van der Waals surface area contributed by atoms with Crippen LogP contribution in [-0.2, 0) is 14.6 Å². The van der Waals surface area contributed by atoms with Gasteiger partial charge in [0.1, 0.15) is 0 Å². The van der Waals surface area contributed by atoms with Crippen molar-refractivity contribution >= 4 is 6.16 Å². The Hall–Kier alpha value is -0.770. The van der Waals surface area contributed by atoms with Crippen LogP contribution in [-0.4, -0.2) is 19.1 Å². The van der Waals surface area contributed by atoms with E-state index in [1.165, 1.54) is 6.92 Å². The van der Waals surface area contributed by atoms with Crippen LogP contribution in [0.25, 0.3) is 0 Å². The number of unbranched alkanes of at least 4 members (excludes halogenated alkanes) is 1. The number of ether oxygens (including phenoxy) is 2. The molecule has 0 bridgehead atoms. The number of hydrogen-bond donors (Lipinski definition) is 0. The van der Waals surface area contributed by atoms with Crippen LogP contribution < -0.4 is 0 Å². The molecule has 0 aliphatic carbocycles. The second-order valence-electron chi connectivity index (χ2n) is 2.14. The van der Waals surface area contributed by atoms with Crippen LogP contribution in [0, 0.1) is 0 Å². The van der Waals surface area contributed by atoms with Crippen molar-refractivity contribution in [3.8, 4) is 0 Å². The molecule has 4 heteroatoms. The van der Waals surface area contributed by atoms with Crippen LogP contribution >= 0.6 is 0 Å². The summed E-state index contributed by atoms with van der Waals surface area (Å²) in [6.07, 6.45) is -0.479. The maximum Gasteiger partial charge on any atom is 0.510 e. The molecule has 0 aromatic heterocycles. The SMILES string of the molecule is CCCCOC(=O)O[C@H](C)[O]. The van der Waals surface area contributed by atoms with E-state index in [4.69, 9.17) is 0 Å². The van der Waals surface area contributed by atoms with Crippen molar-refractivity contribution in [2.45, 2.75) is 33.0 Å². The summed E-state index contributed by atoms with van der Waals surface area (Å²) < 4.78 is 8.71. The third kappa shape index (κ3) is 7.12. The number of hydrogen-bond acceptors (Lipinski definition) is 3. The molecule has 65 valence electrons. The highest BCUT2D eigenvalue weighted by atomic mass is 16.8. The van der Waals surface area contributed by atoms with Gasteiger partial charge in [-0.2, -0.15) is 5.11 Å². The van der Waals surface area contributed by atoms with E-state index < -0.39 is 12.4 Å². The van der Waals surface area contributed by atoms with Gasteiger partial charge < -0.3 is 9.47 Å². The van der Waals surface area contributed by atoms with Gasteiger partial charge in [0.05, 0.1) is 6.61 Å². The zero-order valence-corrected chi connectivity index (χ0v) is 6.83. The maximum absolute atomic E-state index is 10.5. The molecule has 1 atom stereocenters. The predicted molar refractivity (Wildman–Crippen MR) is 37.5 cm³/mol. The summed E-state index contributed by atoms with van der Waals surface area (Å²) in [5, 5.41) is 10.2. The molecular weight excluding hydrogens is 148 g/mol. The van der Waals surface area contributed by atoms with E-state index in [1.807, 2.05) is 6.92 Å². The predicted octanol–water partition coefficient (Wildman–Crippen LogP) is 1.72. The van der Waals surface area contributed by atoms with E-state index in [2.05, 4.69) is 9.47 Å². The molecule has 0 heterocycles. The average molecular weight is 161 g/mol. The summed E-state index contributed by atoms with van der Waals surface area (Å²) in [7, 11) is 0. The van der Waals surface area contributed by atoms with Crippen molar-refractivity contribution in [2.75, 3.05) is 6.61 Å². The fraction of sp³-hybridized carbons (Fsp3) is 0.857. The third-order valence-electron chi connectivity index (χ3n) is 0.980. The van der Waals surface area contributed by atoms with Crippen LogP contribution in [0.5, 0.6) is 0 Å². The van der Waals surface area contributed by atoms with Gasteiger partial charge in [-0.25, -0.2) is 4.79 Å². The van der Waals surface area contributed by atoms with Gasteiger partial charge in [0.2, 0.25) is 6.29 Å². The number of carbonyl (C=O) groups is 1. The molecule has 0 aromatic carbocycles. The molecule has 0 aliphatic rings. The standard InChI is InChI=1S/C7H13O4/c1-3-4-5-10-7(9)11-6(2)8/h6H,3-5H2,1-2H3/t6-/m1/s1. The summed E-state index contributed by atoms with van der Waals surface area (Å²) in [6, 6.07) is 0. The van der Waals surface area contributed by atoms with E-state index in [-0.39, 0.29) is 0 Å². The van der Waals surface area contributed by atoms with Crippen LogP contribution in [0.2, 0.25) is 0 Å². The molecule has 0 spiro atoms. The molecule has 0 aliphatic heterocycles. The van der Waals surface area contributed by atoms with Gasteiger partial charge in [0.25, 0.3) is 0 Å². The molecule has 0 fully saturated rings. The molecule has 0 N–H and O–H groups in total. The first-order chi connectivity index (χ1) is 5.16. The highest BCUT2D eigenvalue weighted by molar-refractivity contribution is 5.59. The Morgan fingerprint density at radius 1 is 1.55 bits per heavy atom. The summed E-state index contributed by atoms with van der Waals surface area (Å²) in [4.78, 5) is 10.5. The molecule has 0 unspecified atom stereocenters. The van der Waals surface area contributed by atoms with Crippen LogP contribution in [0.4, 0.5) is 4.79 Å². The molecule has 4 nitrogen and oxygen atoms in total. The van der Waals surface area contributed by atoms with Gasteiger partial charge in [-0.15, -0.1) is 0 Å². The Morgan fingerprint density at radius 3 is 2.64 bits per heavy atom. The molecule has 1 radical (unpaired) electrons. The van der Waals surface area contributed by atoms with Gasteiger partial charge in [-0.3, -0.25) is 0 Å². The summed E-state index contributed by atoms with van der Waals surface area (Å²) in [5.41, 5.74) is 0. The van der Waals surface area contributed by atoms with E-state index in [0.717, 1.165) is 12.8 Å². The van der Waals surface area contributed by atoms with Gasteiger partial charge in [0.15, 0.2) is 0 Å². The Balaban J connectivity index is 3.23. The summed E-state index contributed by atoms with van der Waals surface area (Å²) in [5.74, 6) is 0. The molecular formula is C7H13O4. The fourth-order valence-corrected chi connectivity index (χ4v) is 0.469. The summed E-state index contributed by atoms with van der Waals surface area (Å²) >= 11 is 0. The van der Waals surface area contributed by atoms with Crippen molar-refractivity contribution in [1.29, 1.82) is 0 Å². The topological polar surface area (TPSA) is 55.4 Å². The van der Waals surface area contributed by atoms with Crippen LogP contribution in [0.1, 0.15) is 26.7 Å². The quantitative estimate of drug-likeness (QED) is 0.358. The molecule has 0 saturated carbocycles. The Bertz CT molecular complexity index is 111. The first-order valence-corrected chi connectivity index (χ1v) is 3.66. The molecule has 0 rings (SSSR count). The lowest BCUT2D eigenvalue weighted by Crippen LogP contribution is -2.14. The van der Waals surface area contributed by atoms with Crippen LogP contribution in [0.15, 0.2) is 0 Å². The first kappa shape index (κ1) is 10.2. The van der Waals surface area contributed by atoms with Crippen LogP contribution in [0.3, 0.4) is 0 Å². The second-order valence-corrected chi connectivity index (χ2v) is 2.14. The molecule has 0 amide bonds. The van der Waals surface area contributed by atoms with E-state index in [1.54, 1.807) is 0 Å². The lowest BCUT2D eigenvalue weighted by atomic mass is 10.4. The minimum absolute atomic E-state index is 0.321. The van der Waals surface area contributed by atoms with Gasteiger partial charge in [-0.05, 0) is 6.42 Å². The van der Waals surface area contributed by atoms with Crippen molar-refractivity contribution in [1.82, 2.24) is 0 Å². The lowest BCUT2D eigenvalue weighted by Gasteiger charge is -2.05. The fourth-order valence-electron chi connectivity index (χ4n) is 0.469. The van der Waals surface area contributed by atoms with Crippen molar-refractivity contribution in [3.63, 3.8) is 0 Å². The van der Waals surface area contributed by atoms with Gasteiger partial charge in [0, 0.05) is 6.92 Å². The third-order valence-corrected chi connectivity index (χ3v) is 0.980. The van der Waals surface area contributed by atoms with Crippen molar-refractivity contribution in [2.24, 2.45) is 0 Å². The van der Waals surface area contributed by atoms with Crippen molar-refractivity contribution < 1.29 is 19.4 Å². The Kier molecular flexibility index (Phi) is 5.56. The van der Waals surface area contributed by atoms with Gasteiger partial charge in [-0.1, -0.05) is 13.3 Å². The zero-order chi connectivity index (χ0) is 8.69. The number of carbonyl (C=O) groups excluding carboxylic acids is 1. The van der Waals surface area contributed by atoms with E-state index in [9.17, 15) is 9.90 Å². The Morgan fingerprint density at radius 2 is 2.18 bits per heavy atom. The second kappa shape index (κ2) is 5.97. The summed E-state index contributed by atoms with van der Waals surface area (Å²) in [6.45, 7) is 3.54. The normalized spacial score (nSPS) is 12.3. The average Bonchev–Trinajstić information content (AvgIpc) is 1.86. The number of rotatable bonds is 4. The Labute approximate surface area is 66.1 Å². The monoisotopic (exact) mass is 161 g/mol. The smallest absolute Gasteiger partial charge is 0.434 e. The van der Waals surface area contributed by atoms with Gasteiger partial charge >= 0.3 is 6.16 Å². The lowest BCUT2D eigenvalue weighted by molar-refractivity contribution is -0.105.